The van der Waals surface area contributed by atoms with E-state index in [1.807, 2.05) is 27.7 Å². The zero-order valence-electron chi connectivity index (χ0n) is 19.0. The molecule has 1 rings (SSSR count). The van der Waals surface area contributed by atoms with Crippen LogP contribution in [0, 0.1) is 0 Å². The summed E-state index contributed by atoms with van der Waals surface area (Å²) >= 11 is 0. The van der Waals surface area contributed by atoms with Crippen LogP contribution in [0.15, 0.2) is 0 Å². The molecule has 0 aliphatic carbocycles. The largest absolute Gasteiger partial charge is 0.533 e. The molecule has 1 saturated heterocycles. The summed E-state index contributed by atoms with van der Waals surface area (Å²) in [5, 5.41) is 3.25. The smallest absolute Gasteiger partial charge is 0.444 e. The Morgan fingerprint density at radius 3 is 2.03 bits per heavy atom. The van der Waals surface area contributed by atoms with Gasteiger partial charge < -0.3 is 19.5 Å². The summed E-state index contributed by atoms with van der Waals surface area (Å²) in [6.07, 6.45) is -0.661. The first-order valence-electron chi connectivity index (χ1n) is 9.96. The SMILES string of the molecule is CC(C)(CCOC(C)(C)CCOC(=O)ON1C(=O)CCC1=O)NC(=O)OC(C)(C)C. The Hall–Kier alpha value is -2.36. The van der Waals surface area contributed by atoms with E-state index in [-0.39, 0.29) is 19.4 Å². The average Bonchev–Trinajstić information content (AvgIpc) is 2.83. The van der Waals surface area contributed by atoms with Crippen molar-refractivity contribution >= 4 is 24.1 Å². The number of rotatable bonds is 9. The molecule has 0 aromatic rings. The zero-order chi connectivity index (χ0) is 23.2. The summed E-state index contributed by atoms with van der Waals surface area (Å²) in [5.74, 6) is -1.13. The number of hydrogen-bond acceptors (Lipinski definition) is 8. The van der Waals surface area contributed by atoms with E-state index in [4.69, 9.17) is 14.2 Å². The Labute approximate surface area is 177 Å². The highest BCUT2D eigenvalue weighted by molar-refractivity contribution is 6.01. The van der Waals surface area contributed by atoms with Crippen LogP contribution in [-0.2, 0) is 28.6 Å². The molecule has 1 fully saturated rings. The number of carbonyl (C=O) groups excluding carboxylic acids is 4. The molecule has 0 saturated carbocycles. The second-order valence-electron chi connectivity index (χ2n) is 9.39. The summed E-state index contributed by atoms with van der Waals surface area (Å²) < 4.78 is 16.0. The second kappa shape index (κ2) is 10.1. The van der Waals surface area contributed by atoms with Crippen LogP contribution in [0.1, 0.15) is 74.1 Å². The molecule has 0 atom stereocenters. The highest BCUT2D eigenvalue weighted by Crippen LogP contribution is 2.19. The van der Waals surface area contributed by atoms with Gasteiger partial charge in [-0.1, -0.05) is 5.06 Å². The zero-order valence-corrected chi connectivity index (χ0v) is 19.0. The molecule has 30 heavy (non-hydrogen) atoms. The number of imide groups is 1. The fourth-order valence-electron chi connectivity index (χ4n) is 2.44. The molecule has 1 heterocycles. The topological polar surface area (TPSA) is 120 Å². The predicted octanol–water partition coefficient (Wildman–Crippen LogP) is 3.08. The Morgan fingerprint density at radius 1 is 0.933 bits per heavy atom. The first-order valence-corrected chi connectivity index (χ1v) is 9.96. The number of nitrogens with zero attached hydrogens (tertiary/aromatic N) is 1. The van der Waals surface area contributed by atoms with Gasteiger partial charge in [-0.3, -0.25) is 14.4 Å². The number of alkyl carbamates (subject to hydrolysis) is 1. The van der Waals surface area contributed by atoms with Gasteiger partial charge in [0.1, 0.15) is 5.60 Å². The lowest BCUT2D eigenvalue weighted by atomic mass is 10.0. The van der Waals surface area contributed by atoms with E-state index < -0.39 is 40.8 Å². The fourth-order valence-corrected chi connectivity index (χ4v) is 2.44. The Morgan fingerprint density at radius 2 is 1.50 bits per heavy atom. The number of ether oxygens (including phenoxy) is 3. The maximum absolute atomic E-state index is 11.9. The molecule has 0 unspecified atom stereocenters. The van der Waals surface area contributed by atoms with Crippen molar-refractivity contribution < 1.29 is 38.2 Å². The molecule has 10 heteroatoms. The van der Waals surface area contributed by atoms with E-state index in [0.29, 0.717) is 24.5 Å². The Bertz CT molecular complexity index is 636. The van der Waals surface area contributed by atoms with Crippen LogP contribution in [0.25, 0.3) is 0 Å². The maximum Gasteiger partial charge on any atom is 0.533 e. The van der Waals surface area contributed by atoms with Gasteiger partial charge in [-0.25, -0.2) is 9.59 Å². The summed E-state index contributed by atoms with van der Waals surface area (Å²) in [4.78, 5) is 51.0. The third-order valence-electron chi connectivity index (χ3n) is 4.15. The molecule has 3 amide bonds. The molecule has 0 aromatic carbocycles. The highest BCUT2D eigenvalue weighted by Gasteiger charge is 2.33. The van der Waals surface area contributed by atoms with Crippen LogP contribution in [0.5, 0.6) is 0 Å². The number of nitrogens with one attached hydrogen (secondary N) is 1. The number of amides is 3. The van der Waals surface area contributed by atoms with E-state index in [1.54, 1.807) is 20.8 Å². The first-order chi connectivity index (χ1) is 13.6. The minimum absolute atomic E-state index is 0.0123. The highest BCUT2D eigenvalue weighted by atomic mass is 16.8. The van der Waals surface area contributed by atoms with Crippen LogP contribution in [0.4, 0.5) is 9.59 Å². The van der Waals surface area contributed by atoms with E-state index in [1.165, 1.54) is 0 Å². The summed E-state index contributed by atoms with van der Waals surface area (Å²) in [6.45, 7) is 13.1. The minimum Gasteiger partial charge on any atom is -0.444 e. The second-order valence-corrected chi connectivity index (χ2v) is 9.39. The lowest BCUT2D eigenvalue weighted by Crippen LogP contribution is -2.46. The monoisotopic (exact) mass is 430 g/mol. The van der Waals surface area contributed by atoms with Gasteiger partial charge in [-0.2, -0.15) is 0 Å². The normalized spacial score (nSPS) is 15.2. The quantitative estimate of drug-likeness (QED) is 0.438. The van der Waals surface area contributed by atoms with Crippen molar-refractivity contribution in [3.63, 3.8) is 0 Å². The van der Waals surface area contributed by atoms with Gasteiger partial charge in [-0.15, -0.1) is 0 Å². The Balaban J connectivity index is 2.31. The molecule has 0 spiro atoms. The van der Waals surface area contributed by atoms with E-state index in [0.717, 1.165) is 0 Å². The van der Waals surface area contributed by atoms with Crippen molar-refractivity contribution in [1.82, 2.24) is 10.4 Å². The summed E-state index contributed by atoms with van der Waals surface area (Å²) in [6, 6.07) is 0. The van der Waals surface area contributed by atoms with Gasteiger partial charge in [0.15, 0.2) is 0 Å². The van der Waals surface area contributed by atoms with Gasteiger partial charge in [0.25, 0.3) is 11.8 Å². The molecular weight excluding hydrogens is 396 g/mol. The lowest BCUT2D eigenvalue weighted by Gasteiger charge is -2.31. The van der Waals surface area contributed by atoms with Gasteiger partial charge in [0.2, 0.25) is 0 Å². The van der Waals surface area contributed by atoms with Crippen LogP contribution >= 0.6 is 0 Å². The van der Waals surface area contributed by atoms with Crippen molar-refractivity contribution in [3.05, 3.63) is 0 Å². The lowest BCUT2D eigenvalue weighted by molar-refractivity contribution is -0.177. The van der Waals surface area contributed by atoms with Crippen molar-refractivity contribution in [2.45, 2.75) is 90.9 Å². The van der Waals surface area contributed by atoms with Crippen LogP contribution in [0.2, 0.25) is 0 Å². The summed E-state index contributed by atoms with van der Waals surface area (Å²) in [5.41, 5.74) is -1.72. The Kier molecular flexibility index (Phi) is 8.64. The maximum atomic E-state index is 11.9. The van der Waals surface area contributed by atoms with Crippen LogP contribution < -0.4 is 5.32 Å². The molecule has 172 valence electrons. The number of hydrogen-bond donors (Lipinski definition) is 1. The molecule has 10 nitrogen and oxygen atoms in total. The third kappa shape index (κ3) is 9.91. The molecule has 1 N–H and O–H groups in total. The van der Waals surface area contributed by atoms with Crippen molar-refractivity contribution in [3.8, 4) is 0 Å². The predicted molar refractivity (Wildman–Crippen MR) is 106 cm³/mol. The average molecular weight is 430 g/mol. The first kappa shape index (κ1) is 25.7. The molecule has 0 bridgehead atoms. The fraction of sp³-hybridized carbons (Fsp3) is 0.800. The minimum atomic E-state index is -1.11. The molecule has 0 aromatic heterocycles. The van der Waals surface area contributed by atoms with E-state index in [2.05, 4.69) is 10.2 Å². The van der Waals surface area contributed by atoms with Gasteiger partial charge in [-0.05, 0) is 54.9 Å². The molecular formula is C20H34N2O8. The molecule has 1 aliphatic rings. The standard InChI is InChI=1S/C20H34N2O8/c1-18(2,3)29-16(25)21-19(4,5)10-13-28-20(6,7)11-12-27-17(26)30-22-14(23)8-9-15(22)24/h8-13H2,1-7H3,(H,21,25). The summed E-state index contributed by atoms with van der Waals surface area (Å²) in [7, 11) is 0. The van der Waals surface area contributed by atoms with Gasteiger partial charge in [0, 0.05) is 31.4 Å². The van der Waals surface area contributed by atoms with E-state index in [9.17, 15) is 19.2 Å². The van der Waals surface area contributed by atoms with Crippen molar-refractivity contribution in [2.75, 3.05) is 13.2 Å². The van der Waals surface area contributed by atoms with Crippen LogP contribution in [-0.4, -0.2) is 59.1 Å². The molecule has 1 aliphatic heterocycles. The third-order valence-corrected chi connectivity index (χ3v) is 4.15. The van der Waals surface area contributed by atoms with Crippen LogP contribution in [0.3, 0.4) is 0 Å². The number of carbonyl (C=O) groups is 4. The molecule has 0 radical (unpaired) electrons. The van der Waals surface area contributed by atoms with Gasteiger partial charge >= 0.3 is 12.2 Å². The van der Waals surface area contributed by atoms with Gasteiger partial charge in [0.05, 0.1) is 12.2 Å². The number of hydroxylamine groups is 2. The van der Waals surface area contributed by atoms with E-state index >= 15 is 0 Å². The van der Waals surface area contributed by atoms with Crippen molar-refractivity contribution in [1.29, 1.82) is 0 Å². The van der Waals surface area contributed by atoms with Crippen molar-refractivity contribution in [2.24, 2.45) is 0 Å².